The number of benzene rings is 1. The molecule has 136 valence electrons. The fourth-order valence-corrected chi connectivity index (χ4v) is 3.80. The Morgan fingerprint density at radius 1 is 1.44 bits per heavy atom. The van der Waals surface area contributed by atoms with E-state index in [2.05, 4.69) is 38.5 Å². The first-order valence-electron chi connectivity index (χ1n) is 8.31. The van der Waals surface area contributed by atoms with Gasteiger partial charge < -0.3 is 10.2 Å². The van der Waals surface area contributed by atoms with Crippen LogP contribution in [0.1, 0.15) is 24.0 Å². The van der Waals surface area contributed by atoms with E-state index in [-0.39, 0.29) is 30.2 Å². The molecule has 1 aromatic carbocycles. The highest BCUT2D eigenvalue weighted by Gasteiger charge is 2.36. The van der Waals surface area contributed by atoms with E-state index in [9.17, 15) is 4.79 Å². The van der Waals surface area contributed by atoms with Gasteiger partial charge in [0, 0.05) is 49.8 Å². The SMILES string of the molecule is CCN(Cc1cccc(Br)c1)C(=O)[C@H]1CNC[C@@H]1c1cnn(C)c1.Cl. The van der Waals surface area contributed by atoms with Gasteiger partial charge in [-0.2, -0.15) is 5.10 Å². The summed E-state index contributed by atoms with van der Waals surface area (Å²) in [7, 11) is 1.91. The lowest BCUT2D eigenvalue weighted by atomic mass is 9.89. The van der Waals surface area contributed by atoms with Gasteiger partial charge in [-0.05, 0) is 30.2 Å². The first kappa shape index (κ1) is 19.9. The molecule has 1 aliphatic heterocycles. The molecule has 1 N–H and O–H groups in total. The Balaban J connectivity index is 0.00000225. The van der Waals surface area contributed by atoms with E-state index < -0.39 is 0 Å². The highest BCUT2D eigenvalue weighted by molar-refractivity contribution is 9.10. The zero-order valence-electron chi connectivity index (χ0n) is 14.5. The molecule has 5 nitrogen and oxygen atoms in total. The van der Waals surface area contributed by atoms with E-state index in [1.165, 1.54) is 0 Å². The molecule has 25 heavy (non-hydrogen) atoms. The van der Waals surface area contributed by atoms with Gasteiger partial charge in [0.15, 0.2) is 0 Å². The normalized spacial score (nSPS) is 19.5. The van der Waals surface area contributed by atoms with Crippen molar-refractivity contribution < 1.29 is 4.79 Å². The number of hydrogen-bond acceptors (Lipinski definition) is 3. The van der Waals surface area contributed by atoms with Crippen molar-refractivity contribution in [2.75, 3.05) is 19.6 Å². The summed E-state index contributed by atoms with van der Waals surface area (Å²) in [4.78, 5) is 15.1. The largest absolute Gasteiger partial charge is 0.338 e. The van der Waals surface area contributed by atoms with Gasteiger partial charge in [-0.3, -0.25) is 9.48 Å². The fourth-order valence-electron chi connectivity index (χ4n) is 3.36. The Kier molecular flexibility index (Phi) is 7.04. The third kappa shape index (κ3) is 4.63. The lowest BCUT2D eigenvalue weighted by molar-refractivity contribution is -0.135. The third-order valence-electron chi connectivity index (χ3n) is 4.64. The molecular weight excluding hydrogens is 404 g/mol. The quantitative estimate of drug-likeness (QED) is 0.798. The van der Waals surface area contributed by atoms with Crippen LogP contribution in [0.3, 0.4) is 0 Å². The van der Waals surface area contributed by atoms with Crippen LogP contribution >= 0.6 is 28.3 Å². The van der Waals surface area contributed by atoms with Gasteiger partial charge in [-0.25, -0.2) is 0 Å². The first-order valence-corrected chi connectivity index (χ1v) is 9.10. The van der Waals surface area contributed by atoms with Crippen LogP contribution in [-0.2, 0) is 18.4 Å². The van der Waals surface area contributed by atoms with E-state index >= 15 is 0 Å². The number of nitrogens with one attached hydrogen (secondary N) is 1. The summed E-state index contributed by atoms with van der Waals surface area (Å²) >= 11 is 3.50. The van der Waals surface area contributed by atoms with Crippen LogP contribution in [0.5, 0.6) is 0 Å². The van der Waals surface area contributed by atoms with Crippen molar-refractivity contribution in [3.8, 4) is 0 Å². The molecule has 1 aromatic heterocycles. The second-order valence-corrected chi connectivity index (χ2v) is 7.22. The maximum atomic E-state index is 13.1. The maximum absolute atomic E-state index is 13.1. The molecule has 0 radical (unpaired) electrons. The minimum absolute atomic E-state index is 0. The molecule has 1 aliphatic rings. The minimum atomic E-state index is -0.0266. The highest BCUT2D eigenvalue weighted by atomic mass is 79.9. The maximum Gasteiger partial charge on any atom is 0.227 e. The van der Waals surface area contributed by atoms with Gasteiger partial charge in [0.05, 0.1) is 12.1 Å². The number of amides is 1. The third-order valence-corrected chi connectivity index (χ3v) is 5.13. The van der Waals surface area contributed by atoms with Gasteiger partial charge in [-0.15, -0.1) is 12.4 Å². The lowest BCUT2D eigenvalue weighted by Crippen LogP contribution is -2.38. The van der Waals surface area contributed by atoms with Crippen molar-refractivity contribution in [2.45, 2.75) is 19.4 Å². The summed E-state index contributed by atoms with van der Waals surface area (Å²) in [6.07, 6.45) is 3.89. The van der Waals surface area contributed by atoms with E-state index in [1.807, 2.05) is 43.4 Å². The summed E-state index contributed by atoms with van der Waals surface area (Å²) in [5.41, 5.74) is 2.28. The molecule has 0 saturated carbocycles. The molecule has 7 heteroatoms. The van der Waals surface area contributed by atoms with E-state index in [4.69, 9.17) is 0 Å². The Hall–Kier alpha value is -1.37. The Bertz CT molecular complexity index is 721. The minimum Gasteiger partial charge on any atom is -0.338 e. The number of carbonyl (C=O) groups is 1. The zero-order chi connectivity index (χ0) is 17.1. The summed E-state index contributed by atoms with van der Waals surface area (Å²) < 4.78 is 2.84. The average molecular weight is 428 g/mol. The molecule has 3 rings (SSSR count). The van der Waals surface area contributed by atoms with Crippen LogP contribution in [0.4, 0.5) is 0 Å². The van der Waals surface area contributed by atoms with Gasteiger partial charge in [0.2, 0.25) is 5.91 Å². The number of hydrogen-bond donors (Lipinski definition) is 1. The zero-order valence-corrected chi connectivity index (χ0v) is 16.9. The van der Waals surface area contributed by atoms with Crippen LogP contribution < -0.4 is 5.32 Å². The molecule has 0 bridgehead atoms. The topological polar surface area (TPSA) is 50.2 Å². The molecule has 1 amide bonds. The Morgan fingerprint density at radius 3 is 2.88 bits per heavy atom. The summed E-state index contributed by atoms with van der Waals surface area (Å²) in [6, 6.07) is 8.14. The van der Waals surface area contributed by atoms with Crippen molar-refractivity contribution >= 4 is 34.2 Å². The average Bonchev–Trinajstić information content (AvgIpc) is 3.20. The molecule has 1 saturated heterocycles. The van der Waals surface area contributed by atoms with Gasteiger partial charge in [-0.1, -0.05) is 28.1 Å². The van der Waals surface area contributed by atoms with Crippen molar-refractivity contribution in [1.82, 2.24) is 20.0 Å². The number of aryl methyl sites for hydroxylation is 1. The molecule has 0 unspecified atom stereocenters. The molecule has 2 aromatic rings. The smallest absolute Gasteiger partial charge is 0.227 e. The van der Waals surface area contributed by atoms with Gasteiger partial charge >= 0.3 is 0 Å². The van der Waals surface area contributed by atoms with E-state index in [1.54, 1.807) is 4.68 Å². The molecule has 2 heterocycles. The van der Waals surface area contributed by atoms with E-state index in [0.717, 1.165) is 28.7 Å². The second kappa shape index (κ2) is 8.83. The fraction of sp³-hybridized carbons (Fsp3) is 0.444. The number of carbonyl (C=O) groups excluding carboxylic acids is 1. The summed E-state index contributed by atoms with van der Waals surface area (Å²) in [5, 5.41) is 7.63. The van der Waals surface area contributed by atoms with Crippen LogP contribution in [0.2, 0.25) is 0 Å². The number of halogens is 2. The second-order valence-electron chi connectivity index (χ2n) is 6.30. The molecule has 0 spiro atoms. The predicted octanol–water partition coefficient (Wildman–Crippen LogP) is 2.96. The Morgan fingerprint density at radius 2 is 2.24 bits per heavy atom. The monoisotopic (exact) mass is 426 g/mol. The summed E-state index contributed by atoms with van der Waals surface area (Å²) in [5.74, 6) is 0.389. The molecule has 0 aliphatic carbocycles. The number of nitrogens with zero attached hydrogens (tertiary/aromatic N) is 3. The van der Waals surface area contributed by atoms with Crippen LogP contribution in [0.15, 0.2) is 41.1 Å². The van der Waals surface area contributed by atoms with Crippen LogP contribution in [0, 0.1) is 5.92 Å². The van der Waals surface area contributed by atoms with Crippen LogP contribution in [-0.4, -0.2) is 40.2 Å². The Labute approximate surface area is 163 Å². The molecule has 2 atom stereocenters. The van der Waals surface area contributed by atoms with Gasteiger partial charge in [0.25, 0.3) is 0 Å². The van der Waals surface area contributed by atoms with Gasteiger partial charge in [0.1, 0.15) is 0 Å². The standard InChI is InChI=1S/C18H23BrN4O.ClH/c1-3-23(11-13-5-4-6-15(19)7-13)18(24)17-10-20-9-16(17)14-8-21-22(2)12-14;/h4-8,12,16-17,20H,3,9-11H2,1-2H3;1H/t16-,17+;/m1./s1. The van der Waals surface area contributed by atoms with Crippen LogP contribution in [0.25, 0.3) is 0 Å². The number of aromatic nitrogens is 2. The van der Waals surface area contributed by atoms with E-state index in [0.29, 0.717) is 13.1 Å². The van der Waals surface area contributed by atoms with Crippen molar-refractivity contribution in [2.24, 2.45) is 13.0 Å². The first-order chi connectivity index (χ1) is 11.6. The van der Waals surface area contributed by atoms with Crippen molar-refractivity contribution in [3.05, 3.63) is 52.3 Å². The van der Waals surface area contributed by atoms with Crippen molar-refractivity contribution in [3.63, 3.8) is 0 Å². The van der Waals surface area contributed by atoms with Crippen molar-refractivity contribution in [1.29, 1.82) is 0 Å². The lowest BCUT2D eigenvalue weighted by Gasteiger charge is -2.27. The summed E-state index contributed by atoms with van der Waals surface area (Å²) in [6.45, 7) is 4.95. The molecule has 1 fully saturated rings. The predicted molar refractivity (Wildman–Crippen MR) is 105 cm³/mol. The highest BCUT2D eigenvalue weighted by Crippen LogP contribution is 2.29. The number of rotatable bonds is 5. The molecular formula is C18H24BrClN4O.